The van der Waals surface area contributed by atoms with Crippen LogP contribution in [-0.2, 0) is 51.2 Å². The van der Waals surface area contributed by atoms with Gasteiger partial charge in [0.05, 0.1) is 31.7 Å². The Morgan fingerprint density at radius 1 is 0.582 bits per heavy atom. The minimum atomic E-state index is -1.31. The zero-order valence-corrected chi connectivity index (χ0v) is 39.1. The van der Waals surface area contributed by atoms with Crippen molar-refractivity contribution in [2.75, 3.05) is 32.7 Å². The number of aliphatic carboxylic acids is 1. The van der Waals surface area contributed by atoms with Crippen LogP contribution in [-0.4, -0.2) is 121 Å². The highest BCUT2D eigenvalue weighted by Gasteiger charge is 2.30. The van der Waals surface area contributed by atoms with Gasteiger partial charge in [0, 0.05) is 12.2 Å². The summed E-state index contributed by atoms with van der Waals surface area (Å²) in [5, 5.41) is 31.5. The number of unbranched alkanes of at least 4 members (excludes halogenated alkanes) is 1. The average molecular weight is 936 g/mol. The second-order valence-corrected chi connectivity index (χ2v) is 16.7. The summed E-state index contributed by atoms with van der Waals surface area (Å²) in [6, 6.07) is 12.7. The summed E-state index contributed by atoms with van der Waals surface area (Å²) < 4.78 is 0. The lowest BCUT2D eigenvalue weighted by Gasteiger charge is -2.25. The van der Waals surface area contributed by atoms with E-state index in [2.05, 4.69) is 49.1 Å². The molecule has 0 aliphatic carbocycles. The van der Waals surface area contributed by atoms with Gasteiger partial charge >= 0.3 is 5.97 Å². The molecular weight excluding hydrogens is 863 g/mol. The predicted octanol–water partition coefficient (Wildman–Crippen LogP) is -0.643. The van der Waals surface area contributed by atoms with Crippen molar-refractivity contribution in [3.05, 3.63) is 84.1 Å². The second-order valence-electron chi connectivity index (χ2n) is 16.7. The first kappa shape index (κ1) is 56.7. The molecule has 2 rings (SSSR count). The molecule has 6 unspecified atom stereocenters. The zero-order chi connectivity index (χ0) is 49.7. The van der Waals surface area contributed by atoms with Crippen LogP contribution in [0.25, 0.3) is 0 Å². The van der Waals surface area contributed by atoms with E-state index < -0.39 is 90.1 Å². The van der Waals surface area contributed by atoms with Crippen LogP contribution in [0.5, 0.6) is 0 Å². The van der Waals surface area contributed by atoms with E-state index in [1.165, 1.54) is 0 Å². The van der Waals surface area contributed by atoms with Crippen molar-refractivity contribution in [2.45, 2.75) is 121 Å². The van der Waals surface area contributed by atoms with Crippen LogP contribution in [0.3, 0.4) is 0 Å². The molecule has 6 atom stereocenters. The van der Waals surface area contributed by atoms with Crippen molar-refractivity contribution in [2.24, 2.45) is 23.1 Å². The number of rotatable bonds is 33. The third kappa shape index (κ3) is 23.1. The van der Waals surface area contributed by atoms with Gasteiger partial charge in [-0.1, -0.05) is 94.4 Å². The molecule has 0 aliphatic rings. The van der Waals surface area contributed by atoms with E-state index in [0.29, 0.717) is 31.4 Å². The van der Waals surface area contributed by atoms with Crippen LogP contribution < -0.4 is 59.7 Å². The van der Waals surface area contributed by atoms with E-state index in [-0.39, 0.29) is 70.6 Å². The maximum atomic E-state index is 13.5. The number of carboxylic acids is 1. The fourth-order valence-corrected chi connectivity index (χ4v) is 6.89. The van der Waals surface area contributed by atoms with Gasteiger partial charge in [0.25, 0.3) is 0 Å². The molecule has 15 N–H and O–H groups in total. The highest BCUT2D eigenvalue weighted by atomic mass is 16.4. The van der Waals surface area contributed by atoms with Crippen LogP contribution in [0.1, 0.15) is 83.3 Å². The first-order chi connectivity index (χ1) is 32.0. The maximum Gasteiger partial charge on any atom is 0.326 e. The molecule has 7 amide bonds. The van der Waals surface area contributed by atoms with Gasteiger partial charge in [-0.2, -0.15) is 0 Å². The number of benzene rings is 2. The maximum absolute atomic E-state index is 13.5. The SMILES string of the molecule is C=C(NCC(=O)NC(CCCN)C(=O)NCCCCC(NC(=O)C(CCC)NC(=O)C(CC(C)C)NC(=O)CNC(=O)C(N)Cc1ccccc1)C(=O)O)C(Cc1ccccc1)NC(=O)CN. The summed E-state index contributed by atoms with van der Waals surface area (Å²) in [5.74, 6) is -5.21. The lowest BCUT2D eigenvalue weighted by Crippen LogP contribution is -2.56. The second kappa shape index (κ2) is 31.5. The number of hydrogen-bond donors (Lipinski definition) is 12. The molecule has 20 heteroatoms. The van der Waals surface area contributed by atoms with Crippen molar-refractivity contribution >= 4 is 47.3 Å². The third-order valence-electron chi connectivity index (χ3n) is 10.5. The lowest BCUT2D eigenvalue weighted by molar-refractivity contribution is -0.142. The fourth-order valence-electron chi connectivity index (χ4n) is 6.89. The molecule has 0 heterocycles. The molecule has 0 saturated heterocycles. The Morgan fingerprint density at radius 2 is 1.10 bits per heavy atom. The van der Waals surface area contributed by atoms with Gasteiger partial charge < -0.3 is 64.8 Å². The van der Waals surface area contributed by atoms with Gasteiger partial charge in [0.1, 0.15) is 24.2 Å². The quantitative estimate of drug-likeness (QED) is 0.0397. The Morgan fingerprint density at radius 3 is 1.67 bits per heavy atom. The monoisotopic (exact) mass is 936 g/mol. The van der Waals surface area contributed by atoms with Crippen molar-refractivity contribution in [1.82, 2.24) is 42.5 Å². The Kier molecular flexibility index (Phi) is 26.7. The Bertz CT molecular complexity index is 1900. The molecular formula is C47H73N11O9. The number of nitrogens with one attached hydrogen (secondary N) is 8. The summed E-state index contributed by atoms with van der Waals surface area (Å²) in [5.41, 5.74) is 19.4. The lowest BCUT2D eigenvalue weighted by atomic mass is 10.0. The van der Waals surface area contributed by atoms with Crippen LogP contribution >= 0.6 is 0 Å². The summed E-state index contributed by atoms with van der Waals surface area (Å²) in [4.78, 5) is 103. The first-order valence-electron chi connectivity index (χ1n) is 22.9. The molecule has 20 nitrogen and oxygen atoms in total. The molecule has 2 aromatic rings. The minimum Gasteiger partial charge on any atom is -0.480 e. The molecule has 0 saturated carbocycles. The van der Waals surface area contributed by atoms with Gasteiger partial charge in [-0.05, 0) is 81.4 Å². The van der Waals surface area contributed by atoms with E-state index in [1.807, 2.05) is 74.5 Å². The van der Waals surface area contributed by atoms with E-state index in [9.17, 15) is 43.5 Å². The van der Waals surface area contributed by atoms with Crippen LogP contribution in [0.2, 0.25) is 0 Å². The van der Waals surface area contributed by atoms with Gasteiger partial charge in [0.2, 0.25) is 41.4 Å². The number of carbonyl (C=O) groups is 8. The molecule has 0 radical (unpaired) electrons. The van der Waals surface area contributed by atoms with E-state index >= 15 is 0 Å². The standard InChI is InChI=1S/C47H73N11O9/c1-5-15-35(57-46(65)39(24-30(2)3)56-42(61)29-53-43(62)34(50)25-32-16-8-6-9-17-32)45(64)58-37(47(66)67)20-12-13-23-51-44(63)36(21-14-22-48)54-41(60)28-52-31(4)38(55-40(59)27-49)26-33-18-10-7-11-19-33/h6-11,16-19,30,34-39,52H,4-5,12-15,20-29,48-50H2,1-3H3,(H,51,63)(H,53,62)(H,54,60)(H,55,59)(H,56,61)(H,57,65)(H,58,64)(H,66,67). The predicted molar refractivity (Wildman–Crippen MR) is 254 cm³/mol. The van der Waals surface area contributed by atoms with Crippen molar-refractivity contribution < 1.29 is 43.5 Å². The zero-order valence-electron chi connectivity index (χ0n) is 39.1. The summed E-state index contributed by atoms with van der Waals surface area (Å²) >= 11 is 0. The summed E-state index contributed by atoms with van der Waals surface area (Å²) in [6.45, 7) is 9.04. The van der Waals surface area contributed by atoms with Crippen LogP contribution in [0.4, 0.5) is 0 Å². The van der Waals surface area contributed by atoms with E-state index in [1.54, 1.807) is 6.92 Å². The Labute approximate surface area is 393 Å². The Balaban J connectivity index is 1.90. The smallest absolute Gasteiger partial charge is 0.326 e. The van der Waals surface area contributed by atoms with Gasteiger partial charge in [0.15, 0.2) is 0 Å². The van der Waals surface area contributed by atoms with Crippen molar-refractivity contribution in [3.63, 3.8) is 0 Å². The molecule has 0 aromatic heterocycles. The molecule has 2 aromatic carbocycles. The number of nitrogens with two attached hydrogens (primary N) is 3. The number of amides is 7. The molecule has 0 bridgehead atoms. The molecule has 0 fully saturated rings. The summed E-state index contributed by atoms with van der Waals surface area (Å²) in [7, 11) is 0. The van der Waals surface area contributed by atoms with E-state index in [4.69, 9.17) is 17.2 Å². The van der Waals surface area contributed by atoms with E-state index in [0.717, 1.165) is 11.1 Å². The topological polar surface area (TPSA) is 331 Å². The number of carbonyl (C=O) groups excluding carboxylic acids is 7. The molecule has 0 aliphatic heterocycles. The Hall–Kier alpha value is -6.38. The average Bonchev–Trinajstić information content (AvgIpc) is 3.30. The molecule has 0 spiro atoms. The number of hydrogen-bond acceptors (Lipinski definition) is 12. The van der Waals surface area contributed by atoms with Gasteiger partial charge in [-0.3, -0.25) is 33.6 Å². The summed E-state index contributed by atoms with van der Waals surface area (Å²) in [6.07, 6.45) is 2.88. The third-order valence-corrected chi connectivity index (χ3v) is 10.5. The van der Waals surface area contributed by atoms with Crippen LogP contribution in [0.15, 0.2) is 72.9 Å². The number of carboxylic acid groups (broad SMARTS) is 1. The van der Waals surface area contributed by atoms with Crippen LogP contribution in [0, 0.1) is 5.92 Å². The largest absolute Gasteiger partial charge is 0.480 e. The van der Waals surface area contributed by atoms with Crippen molar-refractivity contribution in [1.29, 1.82) is 0 Å². The van der Waals surface area contributed by atoms with Crippen molar-refractivity contribution in [3.8, 4) is 0 Å². The molecule has 67 heavy (non-hydrogen) atoms. The minimum absolute atomic E-state index is 0.0103. The highest BCUT2D eigenvalue weighted by molar-refractivity contribution is 5.94. The molecule has 370 valence electrons. The van der Waals surface area contributed by atoms with Gasteiger partial charge in [-0.25, -0.2) is 4.79 Å². The normalized spacial score (nSPS) is 13.6. The fraction of sp³-hybridized carbons (Fsp3) is 0.532. The highest BCUT2D eigenvalue weighted by Crippen LogP contribution is 2.10. The first-order valence-corrected chi connectivity index (χ1v) is 22.9. The van der Waals surface area contributed by atoms with Gasteiger partial charge in [-0.15, -0.1) is 0 Å².